The fraction of sp³-hybridized carbons (Fsp3) is 0. The van der Waals surface area contributed by atoms with Gasteiger partial charge in [-0.25, -0.2) is 4.79 Å². The van der Waals surface area contributed by atoms with Gasteiger partial charge in [0.25, 0.3) is 0 Å². The van der Waals surface area contributed by atoms with Crippen molar-refractivity contribution in [3.63, 3.8) is 0 Å². The summed E-state index contributed by atoms with van der Waals surface area (Å²) in [5.41, 5.74) is 0. The molecular formula is C8H5NO4. The van der Waals surface area contributed by atoms with E-state index in [0.717, 1.165) is 0 Å². The van der Waals surface area contributed by atoms with Crippen molar-refractivity contribution >= 4 is 5.97 Å². The third kappa shape index (κ3) is 1.31. The maximum atomic E-state index is 10.4. The van der Waals surface area contributed by atoms with Crippen LogP contribution in [0.5, 0.6) is 0 Å². The van der Waals surface area contributed by atoms with E-state index in [9.17, 15) is 4.79 Å². The molecule has 5 heteroatoms. The lowest BCUT2D eigenvalue weighted by Gasteiger charge is -1.86. The Morgan fingerprint density at radius 3 is 2.69 bits per heavy atom. The van der Waals surface area contributed by atoms with E-state index in [-0.39, 0.29) is 5.76 Å². The van der Waals surface area contributed by atoms with Crippen molar-refractivity contribution in [2.24, 2.45) is 0 Å². The first-order valence-electron chi connectivity index (χ1n) is 3.51. The lowest BCUT2D eigenvalue weighted by Crippen LogP contribution is -1.91. The third-order valence-electron chi connectivity index (χ3n) is 1.50. The Morgan fingerprint density at radius 1 is 1.31 bits per heavy atom. The van der Waals surface area contributed by atoms with Gasteiger partial charge in [-0.1, -0.05) is 5.16 Å². The largest absolute Gasteiger partial charge is 0.475 e. The van der Waals surface area contributed by atoms with Gasteiger partial charge >= 0.3 is 5.97 Å². The van der Waals surface area contributed by atoms with Gasteiger partial charge in [0.1, 0.15) is 0 Å². The molecule has 13 heavy (non-hydrogen) atoms. The molecule has 0 unspecified atom stereocenters. The molecule has 2 aromatic rings. The number of carbonyl (C=O) groups is 1. The van der Waals surface area contributed by atoms with Crippen LogP contribution in [-0.4, -0.2) is 16.2 Å². The van der Waals surface area contributed by atoms with Crippen molar-refractivity contribution in [3.8, 4) is 11.5 Å². The number of carboxylic acids is 1. The molecule has 0 radical (unpaired) electrons. The maximum Gasteiger partial charge on any atom is 0.371 e. The summed E-state index contributed by atoms with van der Waals surface area (Å²) in [4.78, 5) is 10.4. The van der Waals surface area contributed by atoms with Crippen molar-refractivity contribution in [3.05, 3.63) is 30.2 Å². The third-order valence-corrected chi connectivity index (χ3v) is 1.50. The maximum absolute atomic E-state index is 10.4. The molecule has 0 aliphatic heterocycles. The van der Waals surface area contributed by atoms with E-state index in [1.54, 1.807) is 6.07 Å². The summed E-state index contributed by atoms with van der Waals surface area (Å²) in [5, 5.41) is 12.0. The molecule has 0 fully saturated rings. The first-order valence-corrected chi connectivity index (χ1v) is 3.51. The van der Waals surface area contributed by atoms with Gasteiger partial charge in [-0.2, -0.15) is 0 Å². The number of hydrogen-bond donors (Lipinski definition) is 1. The van der Waals surface area contributed by atoms with Crippen molar-refractivity contribution in [1.29, 1.82) is 0 Å². The molecule has 0 aliphatic rings. The first-order chi connectivity index (χ1) is 6.27. The number of rotatable bonds is 2. The Balaban J connectivity index is 2.39. The van der Waals surface area contributed by atoms with Crippen LogP contribution in [0.15, 0.2) is 33.3 Å². The Hall–Kier alpha value is -2.04. The zero-order valence-electron chi connectivity index (χ0n) is 6.43. The molecule has 0 atom stereocenters. The standard InChI is InChI=1S/C8H5NO4/c10-8(11)7-2-1-5(12-7)6-3-4-9-13-6/h1-4H,(H,10,11). The molecule has 0 aromatic carbocycles. The second-order valence-electron chi connectivity index (χ2n) is 2.35. The average Bonchev–Trinajstić information content (AvgIpc) is 2.75. The number of hydrogen-bond acceptors (Lipinski definition) is 4. The second kappa shape index (κ2) is 2.78. The molecule has 5 nitrogen and oxygen atoms in total. The van der Waals surface area contributed by atoms with Gasteiger partial charge < -0.3 is 14.0 Å². The summed E-state index contributed by atoms with van der Waals surface area (Å²) in [6, 6.07) is 4.47. The van der Waals surface area contributed by atoms with E-state index in [1.807, 2.05) is 0 Å². The van der Waals surface area contributed by atoms with Crippen LogP contribution in [0.4, 0.5) is 0 Å². The molecule has 0 spiro atoms. The van der Waals surface area contributed by atoms with Crippen LogP contribution in [0.25, 0.3) is 11.5 Å². The highest BCUT2D eigenvalue weighted by atomic mass is 16.5. The van der Waals surface area contributed by atoms with Crippen LogP contribution in [0.3, 0.4) is 0 Å². The summed E-state index contributed by atoms with van der Waals surface area (Å²) >= 11 is 0. The van der Waals surface area contributed by atoms with Gasteiger partial charge in [0.2, 0.25) is 11.5 Å². The molecule has 1 N–H and O–H groups in total. The molecule has 0 saturated heterocycles. The Labute approximate surface area is 72.6 Å². The van der Waals surface area contributed by atoms with E-state index in [1.165, 1.54) is 18.3 Å². The predicted octanol–water partition coefficient (Wildman–Crippen LogP) is 1.63. The second-order valence-corrected chi connectivity index (χ2v) is 2.35. The summed E-state index contributed by atoms with van der Waals surface area (Å²) in [6.07, 6.45) is 1.46. The molecule has 0 amide bonds. The molecule has 0 bridgehead atoms. The van der Waals surface area contributed by atoms with Gasteiger partial charge in [0.15, 0.2) is 5.76 Å². The summed E-state index contributed by atoms with van der Waals surface area (Å²) in [5.74, 6) is -0.459. The normalized spacial score (nSPS) is 10.2. The molecule has 66 valence electrons. The fourth-order valence-corrected chi connectivity index (χ4v) is 0.928. The highest BCUT2D eigenvalue weighted by Gasteiger charge is 2.11. The quantitative estimate of drug-likeness (QED) is 0.758. The van der Waals surface area contributed by atoms with Gasteiger partial charge in [-0.05, 0) is 12.1 Å². The predicted molar refractivity (Wildman–Crippen MR) is 41.2 cm³/mol. The molecule has 2 heterocycles. The van der Waals surface area contributed by atoms with Crippen molar-refractivity contribution < 1.29 is 18.8 Å². The zero-order chi connectivity index (χ0) is 9.26. The van der Waals surface area contributed by atoms with Crippen LogP contribution >= 0.6 is 0 Å². The zero-order valence-corrected chi connectivity index (χ0v) is 6.43. The van der Waals surface area contributed by atoms with Crippen LogP contribution in [0.2, 0.25) is 0 Å². The van der Waals surface area contributed by atoms with Crippen LogP contribution in [0.1, 0.15) is 10.6 Å². The van der Waals surface area contributed by atoms with Crippen molar-refractivity contribution in [2.75, 3.05) is 0 Å². The minimum atomic E-state index is -1.11. The molecule has 2 rings (SSSR count). The van der Waals surface area contributed by atoms with E-state index >= 15 is 0 Å². The van der Waals surface area contributed by atoms with Gasteiger partial charge in [-0.3, -0.25) is 0 Å². The number of furan rings is 1. The highest BCUT2D eigenvalue weighted by Crippen LogP contribution is 2.21. The molecule has 0 aliphatic carbocycles. The monoisotopic (exact) mass is 179 g/mol. The fourth-order valence-electron chi connectivity index (χ4n) is 0.928. The topological polar surface area (TPSA) is 76.5 Å². The number of aromatic carboxylic acids is 1. The average molecular weight is 179 g/mol. The van der Waals surface area contributed by atoms with Crippen molar-refractivity contribution in [1.82, 2.24) is 5.16 Å². The first kappa shape index (κ1) is 7.60. The van der Waals surface area contributed by atoms with E-state index in [0.29, 0.717) is 11.5 Å². The Morgan fingerprint density at radius 2 is 2.15 bits per heavy atom. The lowest BCUT2D eigenvalue weighted by atomic mass is 10.3. The van der Waals surface area contributed by atoms with Crippen LogP contribution < -0.4 is 0 Å². The SMILES string of the molecule is O=C(O)c1ccc(-c2ccno2)o1. The number of aromatic nitrogens is 1. The van der Waals surface area contributed by atoms with E-state index < -0.39 is 5.97 Å². The van der Waals surface area contributed by atoms with E-state index in [4.69, 9.17) is 14.0 Å². The molecule has 2 aromatic heterocycles. The van der Waals surface area contributed by atoms with Gasteiger partial charge in [0, 0.05) is 6.07 Å². The molecular weight excluding hydrogens is 174 g/mol. The molecule has 0 saturated carbocycles. The minimum absolute atomic E-state index is 0.119. The summed E-state index contributed by atoms with van der Waals surface area (Å²) in [7, 11) is 0. The smallest absolute Gasteiger partial charge is 0.371 e. The Bertz CT molecular complexity index is 415. The van der Waals surface area contributed by atoms with Gasteiger partial charge in [0.05, 0.1) is 6.20 Å². The number of nitrogens with zero attached hydrogens (tertiary/aromatic N) is 1. The summed E-state index contributed by atoms with van der Waals surface area (Å²) in [6.45, 7) is 0. The van der Waals surface area contributed by atoms with E-state index in [2.05, 4.69) is 5.16 Å². The highest BCUT2D eigenvalue weighted by molar-refractivity contribution is 5.85. The van der Waals surface area contributed by atoms with Crippen molar-refractivity contribution in [2.45, 2.75) is 0 Å². The van der Waals surface area contributed by atoms with Gasteiger partial charge in [-0.15, -0.1) is 0 Å². The van der Waals surface area contributed by atoms with Crippen LogP contribution in [-0.2, 0) is 0 Å². The summed E-state index contributed by atoms with van der Waals surface area (Å²) < 4.78 is 9.73. The Kier molecular flexibility index (Phi) is 1.63. The van der Waals surface area contributed by atoms with Crippen LogP contribution in [0, 0.1) is 0 Å². The lowest BCUT2D eigenvalue weighted by molar-refractivity contribution is 0.0663. The number of carboxylic acid groups (broad SMARTS) is 1. The minimum Gasteiger partial charge on any atom is -0.475 e.